The molecule has 0 aromatic heterocycles. The third kappa shape index (κ3) is 13.3. The average molecular weight is 654 g/mol. The second-order valence-corrected chi connectivity index (χ2v) is 27.4. The summed E-state index contributed by atoms with van der Waals surface area (Å²) in [5, 5.41) is -0.505. The maximum absolute atomic E-state index is 13.6. The van der Waals surface area contributed by atoms with Gasteiger partial charge in [-0.15, -0.1) is 0 Å². The molecular formula is C32H54O4SSn. The first-order chi connectivity index (χ1) is 18.1. The molecule has 0 saturated heterocycles. The summed E-state index contributed by atoms with van der Waals surface area (Å²) >= 11 is -2.25. The van der Waals surface area contributed by atoms with Crippen molar-refractivity contribution in [3.05, 3.63) is 53.6 Å². The number of rotatable bonds is 20. The van der Waals surface area contributed by atoms with E-state index < -0.39 is 33.5 Å². The van der Waals surface area contributed by atoms with Gasteiger partial charge in [0.2, 0.25) is 0 Å². The molecule has 0 aliphatic heterocycles. The van der Waals surface area contributed by atoms with Crippen LogP contribution in [-0.4, -0.2) is 44.6 Å². The molecule has 0 N–H and O–H groups in total. The van der Waals surface area contributed by atoms with Crippen molar-refractivity contribution < 1.29 is 17.9 Å². The van der Waals surface area contributed by atoms with Gasteiger partial charge in [-0.3, -0.25) is 4.79 Å². The van der Waals surface area contributed by atoms with Crippen LogP contribution in [0.2, 0.25) is 17.7 Å². The number of carbonyl (C=O) groups is 1. The number of hydrogen-bond acceptors (Lipinski definition) is 4. The van der Waals surface area contributed by atoms with Crippen LogP contribution in [0.4, 0.5) is 0 Å². The molecule has 6 heteroatoms. The topological polar surface area (TPSA) is 60.4 Å². The fourth-order valence-corrected chi connectivity index (χ4v) is 22.3. The van der Waals surface area contributed by atoms with Crippen LogP contribution < -0.4 is 0 Å². The van der Waals surface area contributed by atoms with E-state index in [9.17, 15) is 13.2 Å². The summed E-state index contributed by atoms with van der Waals surface area (Å²) in [6.07, 6.45) is 14.2. The van der Waals surface area contributed by atoms with Gasteiger partial charge in [-0.1, -0.05) is 0 Å². The van der Waals surface area contributed by atoms with Crippen LogP contribution in [0.25, 0.3) is 0 Å². The Morgan fingerprint density at radius 1 is 0.868 bits per heavy atom. The van der Waals surface area contributed by atoms with Crippen molar-refractivity contribution in [2.45, 2.75) is 127 Å². The second kappa shape index (κ2) is 19.1. The summed E-state index contributed by atoms with van der Waals surface area (Å²) in [5.41, 5.74) is 2.21. The first kappa shape index (κ1) is 34.9. The Hall–Kier alpha value is -1.08. The zero-order valence-electron chi connectivity index (χ0n) is 25.1. The molecule has 1 aromatic rings. The molecule has 0 fully saturated rings. The molecule has 1 aromatic carbocycles. The van der Waals surface area contributed by atoms with Crippen molar-refractivity contribution in [2.24, 2.45) is 0 Å². The van der Waals surface area contributed by atoms with Crippen LogP contribution >= 0.6 is 0 Å². The van der Waals surface area contributed by atoms with Crippen LogP contribution in [0.1, 0.15) is 99.3 Å². The van der Waals surface area contributed by atoms with Gasteiger partial charge in [-0.2, -0.15) is 0 Å². The summed E-state index contributed by atoms with van der Waals surface area (Å²) in [5.74, 6) is -0.328. The molecule has 0 bridgehead atoms. The van der Waals surface area contributed by atoms with E-state index in [1.807, 2.05) is 19.1 Å². The molecule has 38 heavy (non-hydrogen) atoms. The van der Waals surface area contributed by atoms with Crippen molar-refractivity contribution in [1.29, 1.82) is 0 Å². The van der Waals surface area contributed by atoms with E-state index in [1.54, 1.807) is 24.3 Å². The fraction of sp³-hybridized carbons (Fsp3) is 0.656. The first-order valence-electron chi connectivity index (χ1n) is 14.8. The molecule has 1 atom stereocenters. The minimum absolute atomic E-state index is 0.203. The van der Waals surface area contributed by atoms with Gasteiger partial charge in [-0.25, -0.2) is 0 Å². The van der Waals surface area contributed by atoms with Crippen molar-refractivity contribution >= 4 is 34.2 Å². The number of esters is 1. The predicted octanol–water partition coefficient (Wildman–Crippen LogP) is 9.30. The molecule has 0 aliphatic carbocycles. The Morgan fingerprint density at radius 3 is 1.92 bits per heavy atom. The van der Waals surface area contributed by atoms with Crippen molar-refractivity contribution in [1.82, 2.24) is 0 Å². The molecule has 0 spiro atoms. The number of unbranched alkanes of at least 4 members (excludes halogenated alkanes) is 3. The monoisotopic (exact) mass is 654 g/mol. The van der Waals surface area contributed by atoms with Gasteiger partial charge >= 0.3 is 228 Å². The quantitative estimate of drug-likeness (QED) is 0.0800. The number of carbonyl (C=O) groups excluding carboxylic acids is 1. The van der Waals surface area contributed by atoms with Gasteiger partial charge < -0.3 is 0 Å². The molecular weight excluding hydrogens is 599 g/mol. The van der Waals surface area contributed by atoms with E-state index in [-0.39, 0.29) is 12.6 Å². The standard InChI is InChI=1S/C20H27O4S.3C4H9.Sn/c1-5-16(2)11-13-20(14-12-17(3)15-24-18(4)21)25(22,23)19-9-7-6-8-10-19;3*1-3-4-2;/h5-10,12,20H,1,11,13-15H2,2-4H3;3*1,3-4H2,2H3;/b16-5+,17-12+;;;;. The average Bonchev–Trinajstić information content (AvgIpc) is 2.91. The molecule has 0 saturated carbocycles. The minimum atomic E-state index is -3.47. The second-order valence-electron chi connectivity index (χ2n) is 11.2. The van der Waals surface area contributed by atoms with Crippen molar-refractivity contribution in [2.75, 3.05) is 6.61 Å². The van der Waals surface area contributed by atoms with E-state index in [2.05, 4.69) is 33.8 Å². The van der Waals surface area contributed by atoms with Crippen molar-refractivity contribution in [3.8, 4) is 0 Å². The third-order valence-electron chi connectivity index (χ3n) is 7.67. The molecule has 0 amide bonds. The van der Waals surface area contributed by atoms with Gasteiger partial charge in [0.1, 0.15) is 0 Å². The normalized spacial score (nSPS) is 13.9. The van der Waals surface area contributed by atoms with E-state index in [4.69, 9.17) is 4.74 Å². The summed E-state index contributed by atoms with van der Waals surface area (Å²) < 4.78 is 38.0. The van der Waals surface area contributed by atoms with E-state index in [0.717, 1.165) is 12.0 Å². The summed E-state index contributed by atoms with van der Waals surface area (Å²) in [4.78, 5) is 11.5. The van der Waals surface area contributed by atoms with E-state index >= 15 is 0 Å². The molecule has 1 rings (SSSR count). The number of ether oxygens (including phenoxy) is 1. The Kier molecular flexibility index (Phi) is 17.5. The van der Waals surface area contributed by atoms with Gasteiger partial charge in [0.25, 0.3) is 0 Å². The van der Waals surface area contributed by atoms with Crippen molar-refractivity contribution in [3.63, 3.8) is 0 Å². The van der Waals surface area contributed by atoms with Gasteiger partial charge in [0.15, 0.2) is 0 Å². The number of hydrogen-bond donors (Lipinski definition) is 0. The Labute approximate surface area is 238 Å². The van der Waals surface area contributed by atoms with Crippen LogP contribution in [-0.2, 0) is 19.4 Å². The first-order valence-corrected chi connectivity index (χ1v) is 24.5. The number of benzene rings is 1. The maximum atomic E-state index is 13.6. The Bertz CT molecular complexity index is 945. The van der Waals surface area contributed by atoms with Crippen LogP contribution in [0.5, 0.6) is 0 Å². The molecule has 0 radical (unpaired) electrons. The molecule has 216 valence electrons. The van der Waals surface area contributed by atoms with Gasteiger partial charge in [0.05, 0.1) is 0 Å². The zero-order chi connectivity index (χ0) is 28.4. The van der Waals surface area contributed by atoms with Crippen LogP contribution in [0.15, 0.2) is 58.5 Å². The summed E-state index contributed by atoms with van der Waals surface area (Å²) in [6.45, 7) is 12.6. The zero-order valence-corrected chi connectivity index (χ0v) is 28.7. The third-order valence-corrected chi connectivity index (χ3v) is 25.1. The number of allylic oxidation sites excluding steroid dienone is 3. The molecule has 4 nitrogen and oxygen atoms in total. The summed E-state index contributed by atoms with van der Waals surface area (Å²) in [6, 6.07) is 8.80. The molecule has 0 aliphatic rings. The Morgan fingerprint density at radius 2 is 1.42 bits per heavy atom. The Balaban J connectivity index is 3.07. The van der Waals surface area contributed by atoms with E-state index in [1.165, 1.54) is 68.8 Å². The number of sulfone groups is 1. The molecule has 0 heterocycles. The van der Waals surface area contributed by atoms with Crippen LogP contribution in [0, 0.1) is 0 Å². The summed E-state index contributed by atoms with van der Waals surface area (Å²) in [7, 11) is -3.47. The van der Waals surface area contributed by atoms with Gasteiger partial charge in [0, 0.05) is 6.92 Å². The van der Waals surface area contributed by atoms with E-state index in [0.29, 0.717) is 17.7 Å². The van der Waals surface area contributed by atoms with Crippen LogP contribution in [0.3, 0.4) is 0 Å². The fourth-order valence-electron chi connectivity index (χ4n) is 5.03. The predicted molar refractivity (Wildman–Crippen MR) is 165 cm³/mol. The van der Waals surface area contributed by atoms with Gasteiger partial charge in [-0.05, 0) is 0 Å². The SMILES string of the molecule is CCC[CH2][Sn]([CH2]/C=C(\C)CCC(C/C=C(\C)COC(C)=O)S(=O)(=O)c1ccccc1)([CH2]CCC)[CH2]CCC. The molecule has 1 unspecified atom stereocenters.